The number of nitrogens with two attached hydrogens (primary N) is 2. The van der Waals surface area contributed by atoms with E-state index in [4.69, 9.17) is 34.7 Å². The minimum Gasteiger partial charge on any atom is -0.382 e. The molecule has 2 aliphatic rings. The van der Waals surface area contributed by atoms with Gasteiger partial charge in [0, 0.05) is 24.7 Å². The maximum Gasteiger partial charge on any atom is 0.152 e. The molecule has 1 aliphatic carbocycles. The number of benzene rings is 2. The minimum atomic E-state index is 0.0966. The molecule has 5 rings (SSSR count). The summed E-state index contributed by atoms with van der Waals surface area (Å²) in [6.45, 7) is 1.76. The molecule has 1 aromatic heterocycles. The molecule has 5 nitrogen and oxygen atoms in total. The van der Waals surface area contributed by atoms with E-state index < -0.39 is 0 Å². The van der Waals surface area contributed by atoms with Gasteiger partial charge < -0.3 is 16.4 Å². The summed E-state index contributed by atoms with van der Waals surface area (Å²) >= 11 is 12.5. The lowest BCUT2D eigenvalue weighted by Crippen LogP contribution is -2.44. The number of rotatable bonds is 2. The van der Waals surface area contributed by atoms with Crippen molar-refractivity contribution in [1.82, 2.24) is 9.97 Å². The predicted molar refractivity (Wildman–Crippen MR) is 123 cm³/mol. The number of anilines is 2. The molecular formula is C23H23Cl2N5. The molecule has 0 saturated carbocycles. The van der Waals surface area contributed by atoms with Crippen molar-refractivity contribution in [1.29, 1.82) is 0 Å². The Morgan fingerprint density at radius 1 is 1.03 bits per heavy atom. The fraction of sp³-hybridized carbons (Fsp3) is 0.304. The molecule has 0 amide bonds. The van der Waals surface area contributed by atoms with Gasteiger partial charge >= 0.3 is 0 Å². The third-order valence-electron chi connectivity index (χ3n) is 6.67. The number of nitrogens with zero attached hydrogens (tertiary/aromatic N) is 3. The number of nitrogen functional groups attached to an aromatic ring is 1. The Hall–Kier alpha value is -2.34. The highest BCUT2D eigenvalue weighted by Crippen LogP contribution is 2.51. The van der Waals surface area contributed by atoms with E-state index in [0.717, 1.165) is 38.2 Å². The number of fused-ring (bicyclic) bond motifs is 1. The van der Waals surface area contributed by atoms with Crippen LogP contribution in [0.5, 0.6) is 0 Å². The summed E-state index contributed by atoms with van der Waals surface area (Å²) < 4.78 is 0. The summed E-state index contributed by atoms with van der Waals surface area (Å²) in [5, 5.41) is 0.900. The van der Waals surface area contributed by atoms with Crippen LogP contribution < -0.4 is 16.4 Å². The Bertz CT molecular complexity index is 1110. The number of hydrogen-bond donors (Lipinski definition) is 2. The van der Waals surface area contributed by atoms with Crippen molar-refractivity contribution in [2.75, 3.05) is 23.7 Å². The Kier molecular flexibility index (Phi) is 4.85. The molecule has 1 aliphatic heterocycles. The van der Waals surface area contributed by atoms with Crippen LogP contribution in [0.2, 0.25) is 10.0 Å². The zero-order valence-corrected chi connectivity index (χ0v) is 18.0. The maximum absolute atomic E-state index is 6.69. The van der Waals surface area contributed by atoms with E-state index in [1.54, 1.807) is 12.3 Å². The summed E-state index contributed by atoms with van der Waals surface area (Å²) in [6.07, 6.45) is 4.86. The Balaban J connectivity index is 1.35. The summed E-state index contributed by atoms with van der Waals surface area (Å²) in [7, 11) is 0. The second-order valence-electron chi connectivity index (χ2n) is 8.27. The van der Waals surface area contributed by atoms with Crippen molar-refractivity contribution in [3.8, 4) is 11.3 Å². The first-order valence-electron chi connectivity index (χ1n) is 10.1. The zero-order valence-electron chi connectivity index (χ0n) is 16.5. The van der Waals surface area contributed by atoms with Gasteiger partial charge in [0.2, 0.25) is 0 Å². The summed E-state index contributed by atoms with van der Waals surface area (Å²) in [5.41, 5.74) is 17.0. The summed E-state index contributed by atoms with van der Waals surface area (Å²) in [5.74, 6) is 1.13. The average Bonchev–Trinajstić information content (AvgIpc) is 3.02. The third-order valence-corrected chi connectivity index (χ3v) is 7.49. The molecule has 2 heterocycles. The fourth-order valence-corrected chi connectivity index (χ4v) is 5.32. The lowest BCUT2D eigenvalue weighted by atomic mass is 9.73. The fourth-order valence-electron chi connectivity index (χ4n) is 4.93. The molecule has 1 atom stereocenters. The monoisotopic (exact) mass is 439 g/mol. The van der Waals surface area contributed by atoms with Crippen LogP contribution in [0, 0.1) is 5.41 Å². The quantitative estimate of drug-likeness (QED) is 0.594. The second-order valence-corrected chi connectivity index (χ2v) is 9.05. The zero-order chi connectivity index (χ0) is 20.9. The van der Waals surface area contributed by atoms with Gasteiger partial charge in [0.05, 0.1) is 16.2 Å². The topological polar surface area (TPSA) is 81.1 Å². The number of aromatic nitrogens is 2. The van der Waals surface area contributed by atoms with Crippen LogP contribution >= 0.6 is 23.2 Å². The molecule has 1 spiro atoms. The SMILES string of the molecule is Nc1nc(N2CCC3(CC2)Cc2ccccc2[C@@H]3N)cnc1-c1cccc(Cl)c1Cl. The number of piperidine rings is 1. The van der Waals surface area contributed by atoms with Crippen LogP contribution in [0.25, 0.3) is 11.3 Å². The highest BCUT2D eigenvalue weighted by molar-refractivity contribution is 6.43. The van der Waals surface area contributed by atoms with E-state index in [1.165, 1.54) is 11.1 Å². The minimum absolute atomic E-state index is 0.0966. The van der Waals surface area contributed by atoms with Crippen molar-refractivity contribution in [2.45, 2.75) is 25.3 Å². The molecule has 1 saturated heterocycles. The smallest absolute Gasteiger partial charge is 0.152 e. The molecule has 1 fully saturated rings. The average molecular weight is 440 g/mol. The Morgan fingerprint density at radius 3 is 2.53 bits per heavy atom. The first-order chi connectivity index (χ1) is 14.5. The molecule has 30 heavy (non-hydrogen) atoms. The first kappa shape index (κ1) is 19.6. The van der Waals surface area contributed by atoms with Gasteiger partial charge in [0.25, 0.3) is 0 Å². The van der Waals surface area contributed by atoms with Gasteiger partial charge in [-0.15, -0.1) is 0 Å². The van der Waals surface area contributed by atoms with Gasteiger partial charge in [0.15, 0.2) is 5.82 Å². The van der Waals surface area contributed by atoms with Crippen molar-refractivity contribution >= 4 is 34.8 Å². The van der Waals surface area contributed by atoms with Crippen LogP contribution in [0.1, 0.15) is 30.0 Å². The van der Waals surface area contributed by atoms with Crippen molar-refractivity contribution in [2.24, 2.45) is 11.1 Å². The molecule has 7 heteroatoms. The second kappa shape index (κ2) is 7.41. The third kappa shape index (κ3) is 3.13. The van der Waals surface area contributed by atoms with E-state index >= 15 is 0 Å². The predicted octanol–water partition coefficient (Wildman–Crippen LogP) is 4.88. The Labute approximate surface area is 186 Å². The standard InChI is InChI=1S/C23H23Cl2N5/c24-17-7-3-6-16(19(17)25)20-22(27)29-18(13-28-20)30-10-8-23(9-11-30)12-14-4-1-2-5-15(14)21(23)26/h1-7,13,21H,8-12,26H2,(H2,27,29)/t21-/m0/s1. The molecular weight excluding hydrogens is 417 g/mol. The van der Waals surface area contributed by atoms with Crippen LogP contribution in [0.3, 0.4) is 0 Å². The first-order valence-corrected chi connectivity index (χ1v) is 10.9. The molecule has 0 radical (unpaired) electrons. The molecule has 0 unspecified atom stereocenters. The molecule has 4 N–H and O–H groups in total. The lowest BCUT2D eigenvalue weighted by molar-refractivity contribution is 0.187. The van der Waals surface area contributed by atoms with Crippen molar-refractivity contribution < 1.29 is 0 Å². The Morgan fingerprint density at radius 2 is 1.80 bits per heavy atom. The van der Waals surface area contributed by atoms with Gasteiger partial charge in [-0.3, -0.25) is 0 Å². The molecule has 3 aromatic rings. The van der Waals surface area contributed by atoms with Gasteiger partial charge in [-0.1, -0.05) is 59.6 Å². The molecule has 0 bridgehead atoms. The van der Waals surface area contributed by atoms with E-state index in [2.05, 4.69) is 39.1 Å². The van der Waals surface area contributed by atoms with E-state index in [-0.39, 0.29) is 11.5 Å². The highest BCUT2D eigenvalue weighted by Gasteiger charge is 2.45. The molecule has 2 aromatic carbocycles. The normalized spacial score (nSPS) is 19.8. The van der Waals surface area contributed by atoms with Crippen LogP contribution in [0.4, 0.5) is 11.6 Å². The van der Waals surface area contributed by atoms with Crippen LogP contribution in [-0.4, -0.2) is 23.1 Å². The van der Waals surface area contributed by atoms with E-state index in [0.29, 0.717) is 27.1 Å². The summed E-state index contributed by atoms with van der Waals surface area (Å²) in [6, 6.07) is 14.1. The number of halogens is 2. The largest absolute Gasteiger partial charge is 0.382 e. The lowest BCUT2D eigenvalue weighted by Gasteiger charge is -2.42. The van der Waals surface area contributed by atoms with Gasteiger partial charge in [-0.25, -0.2) is 9.97 Å². The molecule has 154 valence electrons. The van der Waals surface area contributed by atoms with Crippen molar-refractivity contribution in [3.63, 3.8) is 0 Å². The van der Waals surface area contributed by atoms with Gasteiger partial charge in [-0.2, -0.15) is 0 Å². The van der Waals surface area contributed by atoms with Gasteiger partial charge in [0.1, 0.15) is 11.5 Å². The maximum atomic E-state index is 6.69. The van der Waals surface area contributed by atoms with Crippen LogP contribution in [0.15, 0.2) is 48.7 Å². The highest BCUT2D eigenvalue weighted by atomic mass is 35.5. The van der Waals surface area contributed by atoms with E-state index in [9.17, 15) is 0 Å². The van der Waals surface area contributed by atoms with Gasteiger partial charge in [-0.05, 0) is 41.9 Å². The summed E-state index contributed by atoms with van der Waals surface area (Å²) in [4.78, 5) is 11.4. The van der Waals surface area contributed by atoms with E-state index in [1.807, 2.05) is 12.1 Å². The number of hydrogen-bond acceptors (Lipinski definition) is 5. The van der Waals surface area contributed by atoms with Crippen molar-refractivity contribution in [3.05, 3.63) is 69.8 Å². The van der Waals surface area contributed by atoms with Crippen LogP contribution in [-0.2, 0) is 6.42 Å².